The van der Waals surface area contributed by atoms with Crippen LogP contribution in [0.25, 0.3) is 0 Å². The third kappa shape index (κ3) is 2.47. The minimum atomic E-state index is 0.520. The van der Waals surface area contributed by atoms with Crippen LogP contribution in [0.5, 0.6) is 11.5 Å². The normalized spacial score (nSPS) is 23.2. The van der Waals surface area contributed by atoms with Crippen molar-refractivity contribution < 1.29 is 9.47 Å². The van der Waals surface area contributed by atoms with E-state index in [2.05, 4.69) is 16.7 Å². The molecule has 3 rings (SSSR count). The number of hydrogen-bond donors (Lipinski definition) is 2. The van der Waals surface area contributed by atoms with Gasteiger partial charge in [0, 0.05) is 24.3 Å². The summed E-state index contributed by atoms with van der Waals surface area (Å²) in [5.41, 5.74) is 1.11. The van der Waals surface area contributed by atoms with Crippen LogP contribution in [0.2, 0.25) is 0 Å². The highest BCUT2D eigenvalue weighted by molar-refractivity contribution is 5.55. The first-order valence-corrected chi connectivity index (χ1v) is 6.29. The van der Waals surface area contributed by atoms with Crippen LogP contribution in [0.3, 0.4) is 0 Å². The maximum atomic E-state index is 5.57. The molecule has 0 aromatic heterocycles. The van der Waals surface area contributed by atoms with Gasteiger partial charge in [-0.2, -0.15) is 0 Å². The zero-order valence-electron chi connectivity index (χ0n) is 9.87. The number of piperidine rings is 1. The Bertz CT molecular complexity index is 389. The first-order chi connectivity index (χ1) is 8.42. The Balaban J connectivity index is 1.70. The summed E-state index contributed by atoms with van der Waals surface area (Å²) in [6.45, 7) is 3.46. The van der Waals surface area contributed by atoms with Crippen molar-refractivity contribution in [3.63, 3.8) is 0 Å². The second-order valence-electron chi connectivity index (χ2n) is 4.55. The van der Waals surface area contributed by atoms with Gasteiger partial charge in [-0.05, 0) is 31.5 Å². The summed E-state index contributed by atoms with van der Waals surface area (Å²) in [5.74, 6) is 1.70. The Morgan fingerprint density at radius 3 is 2.88 bits per heavy atom. The molecule has 0 unspecified atom stereocenters. The summed E-state index contributed by atoms with van der Waals surface area (Å²) < 4.78 is 11.1. The zero-order chi connectivity index (χ0) is 11.5. The summed E-state index contributed by atoms with van der Waals surface area (Å²) in [7, 11) is 0. The summed E-state index contributed by atoms with van der Waals surface area (Å²) in [6.07, 6.45) is 2.46. The van der Waals surface area contributed by atoms with Crippen LogP contribution in [0.1, 0.15) is 12.8 Å². The number of anilines is 1. The Hall–Kier alpha value is -1.42. The van der Waals surface area contributed by atoms with Gasteiger partial charge in [-0.1, -0.05) is 0 Å². The van der Waals surface area contributed by atoms with Gasteiger partial charge >= 0.3 is 0 Å². The van der Waals surface area contributed by atoms with E-state index in [1.165, 1.54) is 12.8 Å². The Kier molecular flexibility index (Phi) is 3.05. The number of nitrogens with one attached hydrogen (secondary N) is 2. The molecule has 2 aliphatic heterocycles. The number of fused-ring (bicyclic) bond motifs is 1. The smallest absolute Gasteiger partial charge is 0.163 e. The molecule has 92 valence electrons. The van der Waals surface area contributed by atoms with E-state index in [1.54, 1.807) is 0 Å². The van der Waals surface area contributed by atoms with Crippen molar-refractivity contribution in [3.05, 3.63) is 18.2 Å². The molecule has 1 aromatic carbocycles. The average molecular weight is 234 g/mol. The topological polar surface area (TPSA) is 42.5 Å². The Morgan fingerprint density at radius 1 is 1.18 bits per heavy atom. The number of benzene rings is 1. The van der Waals surface area contributed by atoms with Crippen molar-refractivity contribution in [2.45, 2.75) is 18.9 Å². The van der Waals surface area contributed by atoms with Crippen molar-refractivity contribution in [3.8, 4) is 11.5 Å². The molecule has 1 atom stereocenters. The molecule has 1 aromatic rings. The van der Waals surface area contributed by atoms with Gasteiger partial charge in [0.1, 0.15) is 13.2 Å². The van der Waals surface area contributed by atoms with Crippen molar-refractivity contribution in [1.82, 2.24) is 5.32 Å². The standard InChI is InChI=1S/C13H18N2O2/c1-2-11(9-14-5-1)15-10-3-4-12-13(8-10)17-7-6-16-12/h3-4,8,11,14-15H,1-2,5-7,9H2/t11-/m0/s1. The van der Waals surface area contributed by atoms with E-state index in [1.807, 2.05) is 12.1 Å². The van der Waals surface area contributed by atoms with E-state index >= 15 is 0 Å². The largest absolute Gasteiger partial charge is 0.486 e. The van der Waals surface area contributed by atoms with Gasteiger partial charge in [0.15, 0.2) is 11.5 Å². The highest BCUT2D eigenvalue weighted by Crippen LogP contribution is 2.32. The molecular formula is C13H18N2O2. The molecule has 4 nitrogen and oxygen atoms in total. The van der Waals surface area contributed by atoms with Crippen LogP contribution in [0.4, 0.5) is 5.69 Å². The molecule has 17 heavy (non-hydrogen) atoms. The predicted octanol–water partition coefficient (Wildman–Crippen LogP) is 1.62. The second kappa shape index (κ2) is 4.84. The highest BCUT2D eigenvalue weighted by atomic mass is 16.6. The molecule has 2 heterocycles. The van der Waals surface area contributed by atoms with E-state index in [4.69, 9.17) is 9.47 Å². The number of ether oxygens (including phenoxy) is 2. The fourth-order valence-corrected chi connectivity index (χ4v) is 2.34. The van der Waals surface area contributed by atoms with Gasteiger partial charge in [0.25, 0.3) is 0 Å². The van der Waals surface area contributed by atoms with Crippen molar-refractivity contribution in [2.24, 2.45) is 0 Å². The molecule has 0 bridgehead atoms. The Labute approximate surface area is 101 Å². The lowest BCUT2D eigenvalue weighted by molar-refractivity contribution is 0.171. The molecule has 2 N–H and O–H groups in total. The Morgan fingerprint density at radius 2 is 2.06 bits per heavy atom. The monoisotopic (exact) mass is 234 g/mol. The van der Waals surface area contributed by atoms with Gasteiger partial charge in [-0.15, -0.1) is 0 Å². The second-order valence-corrected chi connectivity index (χ2v) is 4.55. The van der Waals surface area contributed by atoms with Crippen LogP contribution in [0.15, 0.2) is 18.2 Å². The van der Waals surface area contributed by atoms with Gasteiger partial charge in [0.2, 0.25) is 0 Å². The van der Waals surface area contributed by atoms with Crippen LogP contribution in [-0.4, -0.2) is 32.3 Å². The summed E-state index contributed by atoms with van der Waals surface area (Å²) in [5, 5.41) is 6.93. The first-order valence-electron chi connectivity index (χ1n) is 6.29. The number of hydrogen-bond acceptors (Lipinski definition) is 4. The van der Waals surface area contributed by atoms with Gasteiger partial charge in [-0.3, -0.25) is 0 Å². The SMILES string of the molecule is c1cc2c(cc1N[C@H]1CCCNC1)OCCO2. The van der Waals surface area contributed by atoms with E-state index < -0.39 is 0 Å². The zero-order valence-corrected chi connectivity index (χ0v) is 9.87. The van der Waals surface area contributed by atoms with Crippen LogP contribution < -0.4 is 20.1 Å². The summed E-state index contributed by atoms with van der Waals surface area (Å²) >= 11 is 0. The van der Waals surface area contributed by atoms with E-state index in [9.17, 15) is 0 Å². The quantitative estimate of drug-likeness (QED) is 0.816. The van der Waals surface area contributed by atoms with Crippen LogP contribution >= 0.6 is 0 Å². The molecule has 0 radical (unpaired) electrons. The van der Waals surface area contributed by atoms with E-state index in [-0.39, 0.29) is 0 Å². The van der Waals surface area contributed by atoms with Crippen molar-refractivity contribution in [2.75, 3.05) is 31.6 Å². The maximum absolute atomic E-state index is 5.57. The molecule has 1 fully saturated rings. The fraction of sp³-hybridized carbons (Fsp3) is 0.538. The van der Waals surface area contributed by atoms with E-state index in [0.29, 0.717) is 19.3 Å². The molecule has 0 amide bonds. The first kappa shape index (κ1) is 10.7. The lowest BCUT2D eigenvalue weighted by atomic mass is 10.1. The van der Waals surface area contributed by atoms with Gasteiger partial charge in [-0.25, -0.2) is 0 Å². The lowest BCUT2D eigenvalue weighted by Gasteiger charge is -2.26. The van der Waals surface area contributed by atoms with Gasteiger partial charge < -0.3 is 20.1 Å². The molecule has 1 saturated heterocycles. The van der Waals surface area contributed by atoms with Gasteiger partial charge in [0.05, 0.1) is 0 Å². The van der Waals surface area contributed by atoms with E-state index in [0.717, 1.165) is 30.3 Å². The fourth-order valence-electron chi connectivity index (χ4n) is 2.34. The minimum Gasteiger partial charge on any atom is -0.486 e. The minimum absolute atomic E-state index is 0.520. The van der Waals surface area contributed by atoms with Crippen molar-refractivity contribution in [1.29, 1.82) is 0 Å². The molecule has 2 aliphatic rings. The lowest BCUT2D eigenvalue weighted by Crippen LogP contribution is -2.38. The molecule has 0 aliphatic carbocycles. The maximum Gasteiger partial charge on any atom is 0.163 e. The average Bonchev–Trinajstić information content (AvgIpc) is 2.40. The van der Waals surface area contributed by atoms with Crippen molar-refractivity contribution >= 4 is 5.69 Å². The molecular weight excluding hydrogens is 216 g/mol. The third-order valence-electron chi connectivity index (χ3n) is 3.21. The summed E-state index contributed by atoms with van der Waals surface area (Å²) in [4.78, 5) is 0. The molecule has 0 saturated carbocycles. The van der Waals surface area contributed by atoms with Crippen LogP contribution in [-0.2, 0) is 0 Å². The van der Waals surface area contributed by atoms with Crippen LogP contribution in [0, 0.1) is 0 Å². The molecule has 0 spiro atoms. The third-order valence-corrected chi connectivity index (χ3v) is 3.21. The number of rotatable bonds is 2. The predicted molar refractivity (Wildman–Crippen MR) is 66.9 cm³/mol. The molecule has 4 heteroatoms. The highest BCUT2D eigenvalue weighted by Gasteiger charge is 2.15. The summed E-state index contributed by atoms with van der Waals surface area (Å²) in [6, 6.07) is 6.59.